The minimum Gasteiger partial charge on any atom is -0.385 e. The van der Waals surface area contributed by atoms with E-state index in [1.165, 1.54) is 0 Å². The fraction of sp³-hybridized carbons (Fsp3) is 0.612. The van der Waals surface area contributed by atoms with Crippen molar-refractivity contribution < 1.29 is 33.6 Å². The van der Waals surface area contributed by atoms with Gasteiger partial charge in [0.25, 0.3) is 0 Å². The topological polar surface area (TPSA) is 86.7 Å². The van der Waals surface area contributed by atoms with Gasteiger partial charge in [0.1, 0.15) is 24.4 Å². The van der Waals surface area contributed by atoms with Gasteiger partial charge in [0, 0.05) is 38.5 Å². The Morgan fingerprint density at radius 2 is 1.18 bits per heavy atom. The standard InChI is InChI=1S/C49H69NO7/c1-5-9-31-53-36-42-44(55-33-11-7-3)45(56-34-12-8-4)43(54-32-10-6-2)41(57-42)35-37-23-25-38(26-24-37)46-48(47(51)50(46)40-21-17-14-18-22-40)27-29-49(52,30-28-48)39-19-15-13-16-20-39/h13-26,41-46,52H,5-12,27-36H2,1-4H3/t41-,42?,43?,44+,45+,46+,48?,49?/m0/s1. The molecule has 2 unspecified atom stereocenters. The Labute approximate surface area is 342 Å². The molecule has 2 aliphatic heterocycles. The van der Waals surface area contributed by atoms with E-state index in [4.69, 9.17) is 23.7 Å². The van der Waals surface area contributed by atoms with Gasteiger partial charge in [-0.1, -0.05) is 126 Å². The minimum absolute atomic E-state index is 0.125. The predicted molar refractivity (Wildman–Crippen MR) is 226 cm³/mol. The molecule has 3 aromatic rings. The Kier molecular flexibility index (Phi) is 16.2. The van der Waals surface area contributed by atoms with Gasteiger partial charge in [0.15, 0.2) is 0 Å². The molecule has 1 amide bonds. The number of anilines is 1. The number of benzene rings is 3. The summed E-state index contributed by atoms with van der Waals surface area (Å²) >= 11 is 0. The highest BCUT2D eigenvalue weighted by molar-refractivity contribution is 6.06. The van der Waals surface area contributed by atoms with Crippen molar-refractivity contribution >= 4 is 11.6 Å². The van der Waals surface area contributed by atoms with E-state index in [0.29, 0.717) is 65.1 Å². The van der Waals surface area contributed by atoms with Crippen LogP contribution in [0.4, 0.5) is 5.69 Å². The number of carbonyl (C=O) groups is 1. The van der Waals surface area contributed by atoms with Crippen molar-refractivity contribution in [2.75, 3.05) is 37.9 Å². The summed E-state index contributed by atoms with van der Waals surface area (Å²) < 4.78 is 33.3. The zero-order valence-electron chi connectivity index (χ0n) is 35.1. The van der Waals surface area contributed by atoms with Gasteiger partial charge in [-0.3, -0.25) is 4.79 Å². The van der Waals surface area contributed by atoms with Crippen LogP contribution in [0.2, 0.25) is 0 Å². The average molecular weight is 784 g/mol. The summed E-state index contributed by atoms with van der Waals surface area (Å²) in [6.07, 6.45) is 9.76. The molecule has 6 atom stereocenters. The number of nitrogens with zero attached hydrogens (tertiary/aromatic N) is 1. The average Bonchev–Trinajstić information content (AvgIpc) is 3.24. The molecule has 1 spiro atoms. The largest absolute Gasteiger partial charge is 0.385 e. The zero-order valence-corrected chi connectivity index (χ0v) is 35.1. The SMILES string of the molecule is CCCCOCC1O[C@@H](Cc2ccc([C@H]3N(c4ccccc4)C(=O)C34CCC(O)(c3ccccc3)CC4)cc2)C(OCCCC)[C@@H](OCCCC)[C@@H]1OCCCC. The van der Waals surface area contributed by atoms with Crippen molar-refractivity contribution in [3.05, 3.63) is 102 Å². The van der Waals surface area contributed by atoms with Gasteiger partial charge in [0.05, 0.1) is 29.8 Å². The summed E-state index contributed by atoms with van der Waals surface area (Å²) in [5.74, 6) is 0.151. The van der Waals surface area contributed by atoms with Crippen LogP contribution in [0.1, 0.15) is 127 Å². The van der Waals surface area contributed by atoms with E-state index in [2.05, 4.69) is 52.0 Å². The summed E-state index contributed by atoms with van der Waals surface area (Å²) in [4.78, 5) is 16.3. The first-order chi connectivity index (χ1) is 27.9. The lowest BCUT2D eigenvalue weighted by molar-refractivity contribution is -0.265. The third-order valence-corrected chi connectivity index (χ3v) is 12.6. The Hall–Kier alpha value is -3.11. The summed E-state index contributed by atoms with van der Waals surface area (Å²) in [7, 11) is 0. The number of para-hydroxylation sites is 1. The van der Waals surface area contributed by atoms with Crippen molar-refractivity contribution in [2.45, 2.75) is 153 Å². The van der Waals surface area contributed by atoms with Crippen molar-refractivity contribution in [3.63, 3.8) is 0 Å². The molecule has 1 aliphatic carbocycles. The lowest BCUT2D eigenvalue weighted by atomic mass is 9.56. The molecule has 3 aliphatic rings. The molecule has 0 bridgehead atoms. The molecular formula is C49H69NO7. The van der Waals surface area contributed by atoms with E-state index < -0.39 is 11.0 Å². The molecule has 312 valence electrons. The van der Waals surface area contributed by atoms with Crippen LogP contribution in [0.3, 0.4) is 0 Å². The van der Waals surface area contributed by atoms with Crippen LogP contribution in [0.5, 0.6) is 0 Å². The van der Waals surface area contributed by atoms with Gasteiger partial charge >= 0.3 is 0 Å². The fourth-order valence-electron chi connectivity index (χ4n) is 9.10. The maximum Gasteiger partial charge on any atom is 0.236 e. The maximum absolute atomic E-state index is 14.3. The Morgan fingerprint density at radius 3 is 1.75 bits per heavy atom. The van der Waals surface area contributed by atoms with E-state index in [1.807, 2.05) is 65.6 Å². The molecule has 2 saturated heterocycles. The second-order valence-electron chi connectivity index (χ2n) is 16.6. The Bertz CT molecular complexity index is 1610. The van der Waals surface area contributed by atoms with Crippen LogP contribution >= 0.6 is 0 Å². The number of aliphatic hydroxyl groups is 1. The molecule has 3 fully saturated rings. The van der Waals surface area contributed by atoms with Crippen LogP contribution in [0.15, 0.2) is 84.9 Å². The summed E-state index contributed by atoms with van der Waals surface area (Å²) in [6.45, 7) is 11.8. The number of hydrogen-bond donors (Lipinski definition) is 1. The summed E-state index contributed by atoms with van der Waals surface area (Å²) in [5, 5.41) is 11.8. The summed E-state index contributed by atoms with van der Waals surface area (Å²) in [5.41, 5.74) is 2.60. The first-order valence-electron chi connectivity index (χ1n) is 22.2. The van der Waals surface area contributed by atoms with E-state index >= 15 is 0 Å². The monoisotopic (exact) mass is 784 g/mol. The highest BCUT2D eigenvalue weighted by Gasteiger charge is 2.63. The smallest absolute Gasteiger partial charge is 0.236 e. The third-order valence-electron chi connectivity index (χ3n) is 12.6. The number of β-lactam (4-membered cyclic amide) rings is 1. The van der Waals surface area contributed by atoms with Crippen LogP contribution in [0.25, 0.3) is 0 Å². The molecular weight excluding hydrogens is 715 g/mol. The second-order valence-corrected chi connectivity index (χ2v) is 16.6. The molecule has 0 aromatic heterocycles. The van der Waals surface area contributed by atoms with Crippen molar-refractivity contribution in [1.29, 1.82) is 0 Å². The zero-order chi connectivity index (χ0) is 40.1. The van der Waals surface area contributed by atoms with E-state index in [1.54, 1.807) is 0 Å². The van der Waals surface area contributed by atoms with Gasteiger partial charge in [-0.05, 0) is 80.2 Å². The number of hydrogen-bond acceptors (Lipinski definition) is 7. The molecule has 2 heterocycles. The highest BCUT2D eigenvalue weighted by Crippen LogP contribution is 2.61. The first-order valence-corrected chi connectivity index (χ1v) is 22.2. The molecule has 3 aromatic carbocycles. The van der Waals surface area contributed by atoms with Crippen molar-refractivity contribution in [3.8, 4) is 0 Å². The van der Waals surface area contributed by atoms with Crippen molar-refractivity contribution in [1.82, 2.24) is 0 Å². The number of carbonyl (C=O) groups excluding carboxylic acids is 1. The Balaban J connectivity index is 1.26. The van der Waals surface area contributed by atoms with Crippen LogP contribution in [0, 0.1) is 5.41 Å². The van der Waals surface area contributed by atoms with Gasteiger partial charge in [-0.2, -0.15) is 0 Å². The molecule has 8 heteroatoms. The summed E-state index contributed by atoms with van der Waals surface area (Å²) in [6, 6.07) is 28.6. The third kappa shape index (κ3) is 10.2. The van der Waals surface area contributed by atoms with Crippen LogP contribution < -0.4 is 4.90 Å². The van der Waals surface area contributed by atoms with Crippen LogP contribution in [-0.2, 0) is 40.5 Å². The highest BCUT2D eigenvalue weighted by atomic mass is 16.6. The maximum atomic E-state index is 14.3. The molecule has 1 saturated carbocycles. The minimum atomic E-state index is -0.929. The second kappa shape index (κ2) is 21.2. The number of amides is 1. The van der Waals surface area contributed by atoms with Crippen LogP contribution in [-0.4, -0.2) is 74.6 Å². The predicted octanol–water partition coefficient (Wildman–Crippen LogP) is 9.91. The normalized spacial score (nSPS) is 28.8. The molecule has 8 nitrogen and oxygen atoms in total. The van der Waals surface area contributed by atoms with Gasteiger partial charge < -0.3 is 33.7 Å². The van der Waals surface area contributed by atoms with Gasteiger partial charge in [0.2, 0.25) is 5.91 Å². The quantitative estimate of drug-likeness (QED) is 0.0802. The van der Waals surface area contributed by atoms with Gasteiger partial charge in [-0.15, -0.1) is 0 Å². The van der Waals surface area contributed by atoms with E-state index in [0.717, 1.165) is 73.7 Å². The molecule has 0 radical (unpaired) electrons. The molecule has 57 heavy (non-hydrogen) atoms. The molecule has 6 rings (SSSR count). The Morgan fingerprint density at radius 1 is 0.649 bits per heavy atom. The number of unbranched alkanes of at least 4 members (excludes halogenated alkanes) is 4. The molecule has 1 N–H and O–H groups in total. The lowest BCUT2D eigenvalue weighted by Gasteiger charge is -2.59. The first kappa shape index (κ1) is 43.5. The number of ether oxygens (including phenoxy) is 5. The van der Waals surface area contributed by atoms with Gasteiger partial charge in [-0.25, -0.2) is 0 Å². The number of rotatable bonds is 22. The fourth-order valence-corrected chi connectivity index (χ4v) is 9.10. The van der Waals surface area contributed by atoms with Crippen molar-refractivity contribution in [2.24, 2.45) is 5.41 Å². The van der Waals surface area contributed by atoms with E-state index in [-0.39, 0.29) is 42.5 Å². The lowest BCUT2D eigenvalue weighted by Crippen LogP contribution is -2.65. The van der Waals surface area contributed by atoms with E-state index in [9.17, 15) is 9.90 Å².